The molecule has 0 spiro atoms. The van der Waals surface area contributed by atoms with Gasteiger partial charge >= 0.3 is 0 Å². The molecule has 27 heavy (non-hydrogen) atoms. The maximum Gasteiger partial charge on any atom is 0.191 e. The molecule has 6 nitrogen and oxygen atoms in total. The summed E-state index contributed by atoms with van der Waals surface area (Å²) in [6.45, 7) is 6.91. The molecule has 1 aromatic carbocycles. The van der Waals surface area contributed by atoms with Crippen LogP contribution in [0.3, 0.4) is 0 Å². The fraction of sp³-hybridized carbons (Fsp3) is 0.650. The number of halogens is 1. The highest BCUT2D eigenvalue weighted by molar-refractivity contribution is 14.0. The molecule has 0 radical (unpaired) electrons. The van der Waals surface area contributed by atoms with Crippen LogP contribution in [-0.4, -0.2) is 81.3 Å². The van der Waals surface area contributed by atoms with Crippen molar-refractivity contribution in [3.05, 3.63) is 35.9 Å². The summed E-state index contributed by atoms with van der Waals surface area (Å²) in [6, 6.07) is 11.2. The molecule has 0 aromatic heterocycles. The van der Waals surface area contributed by atoms with Gasteiger partial charge in [-0.2, -0.15) is 0 Å². The molecule has 1 atom stereocenters. The van der Waals surface area contributed by atoms with Crippen molar-refractivity contribution in [2.24, 2.45) is 4.99 Å². The molecule has 0 amide bonds. The third-order valence-corrected chi connectivity index (χ3v) is 5.24. The van der Waals surface area contributed by atoms with Crippen molar-refractivity contribution in [2.45, 2.75) is 31.5 Å². The Morgan fingerprint density at radius 1 is 1.19 bits per heavy atom. The van der Waals surface area contributed by atoms with E-state index in [0.717, 1.165) is 64.7 Å². The number of rotatable bonds is 5. The summed E-state index contributed by atoms with van der Waals surface area (Å²) in [7, 11) is 3.99. The highest BCUT2D eigenvalue weighted by Gasteiger charge is 2.21. The van der Waals surface area contributed by atoms with Crippen molar-refractivity contribution in [3.8, 4) is 0 Å². The minimum absolute atomic E-state index is 0. The molecule has 2 saturated heterocycles. The van der Waals surface area contributed by atoms with E-state index in [1.54, 1.807) is 0 Å². The van der Waals surface area contributed by atoms with Crippen LogP contribution in [0.2, 0.25) is 0 Å². The largest absolute Gasteiger partial charge is 0.374 e. The zero-order chi connectivity index (χ0) is 18.2. The Morgan fingerprint density at radius 3 is 2.59 bits per heavy atom. The third-order valence-electron chi connectivity index (χ3n) is 5.24. The van der Waals surface area contributed by atoms with Gasteiger partial charge in [0.1, 0.15) is 0 Å². The number of likely N-dealkylation sites (N-methyl/N-ethyl adjacent to an activating group) is 1. The van der Waals surface area contributed by atoms with Crippen LogP contribution < -0.4 is 10.6 Å². The van der Waals surface area contributed by atoms with E-state index in [0.29, 0.717) is 6.04 Å². The lowest BCUT2D eigenvalue weighted by Crippen LogP contribution is -2.51. The van der Waals surface area contributed by atoms with Crippen LogP contribution in [0.5, 0.6) is 0 Å². The van der Waals surface area contributed by atoms with Gasteiger partial charge < -0.3 is 20.3 Å². The van der Waals surface area contributed by atoms with Gasteiger partial charge in [-0.05, 0) is 25.5 Å². The fourth-order valence-electron chi connectivity index (χ4n) is 3.67. The quantitative estimate of drug-likeness (QED) is 0.377. The van der Waals surface area contributed by atoms with Crippen molar-refractivity contribution in [1.29, 1.82) is 0 Å². The van der Waals surface area contributed by atoms with E-state index >= 15 is 0 Å². The molecule has 2 N–H and O–H groups in total. The molecule has 3 rings (SSSR count). The minimum Gasteiger partial charge on any atom is -0.374 e. The highest BCUT2D eigenvalue weighted by Crippen LogP contribution is 2.13. The number of piperidine rings is 1. The van der Waals surface area contributed by atoms with E-state index in [-0.39, 0.29) is 30.1 Å². The zero-order valence-corrected chi connectivity index (χ0v) is 18.9. The first-order valence-electron chi connectivity index (χ1n) is 9.76. The Labute approximate surface area is 180 Å². The summed E-state index contributed by atoms with van der Waals surface area (Å²) in [4.78, 5) is 9.24. The maximum absolute atomic E-state index is 5.81. The second-order valence-corrected chi connectivity index (χ2v) is 7.39. The average Bonchev–Trinajstić information content (AvgIpc) is 2.67. The summed E-state index contributed by atoms with van der Waals surface area (Å²) < 4.78 is 5.81. The molecule has 152 valence electrons. The van der Waals surface area contributed by atoms with E-state index in [9.17, 15) is 0 Å². The Balaban J connectivity index is 0.00000261. The number of hydrogen-bond donors (Lipinski definition) is 2. The molecule has 2 heterocycles. The van der Waals surface area contributed by atoms with E-state index in [1.807, 2.05) is 7.05 Å². The first kappa shape index (κ1) is 22.4. The molecule has 2 fully saturated rings. The van der Waals surface area contributed by atoms with Crippen LogP contribution in [0.4, 0.5) is 0 Å². The van der Waals surface area contributed by atoms with Gasteiger partial charge in [-0.3, -0.25) is 9.89 Å². The number of benzene rings is 1. The van der Waals surface area contributed by atoms with Crippen molar-refractivity contribution in [1.82, 2.24) is 20.4 Å². The number of likely N-dealkylation sites (tertiary alicyclic amines) is 1. The summed E-state index contributed by atoms with van der Waals surface area (Å²) in [6.07, 6.45) is 2.53. The standard InChI is InChI=1S/C20H33N5O.HI/c1-21-20(22-14-19-16-24(2)12-13-26-19)23-18-8-10-25(11-9-18)15-17-6-4-3-5-7-17;/h3-7,18-19H,8-16H2,1-2H3,(H2,21,22,23);1H. The van der Waals surface area contributed by atoms with Gasteiger partial charge in [0, 0.05) is 52.4 Å². The lowest BCUT2D eigenvalue weighted by molar-refractivity contribution is -0.0161. The minimum atomic E-state index is 0. The SMILES string of the molecule is CN=C(NCC1CN(C)CCO1)NC1CCN(Cc2ccccc2)CC1.I. The van der Waals surface area contributed by atoms with E-state index in [4.69, 9.17) is 4.74 Å². The Bertz CT molecular complexity index is 563. The van der Waals surface area contributed by atoms with Gasteiger partial charge in [-0.15, -0.1) is 24.0 Å². The van der Waals surface area contributed by atoms with E-state index in [1.165, 1.54) is 5.56 Å². The second kappa shape index (κ2) is 11.8. The average molecular weight is 487 g/mol. The second-order valence-electron chi connectivity index (χ2n) is 7.39. The predicted molar refractivity (Wildman–Crippen MR) is 122 cm³/mol. The van der Waals surface area contributed by atoms with Gasteiger partial charge in [-0.1, -0.05) is 30.3 Å². The maximum atomic E-state index is 5.81. The van der Waals surface area contributed by atoms with Crippen LogP contribution in [0, 0.1) is 0 Å². The van der Waals surface area contributed by atoms with Crippen molar-refractivity contribution >= 4 is 29.9 Å². The molecular formula is C20H34IN5O. The number of nitrogens with zero attached hydrogens (tertiary/aromatic N) is 3. The molecule has 7 heteroatoms. The van der Waals surface area contributed by atoms with Gasteiger partial charge in [0.15, 0.2) is 5.96 Å². The lowest BCUT2D eigenvalue weighted by atomic mass is 10.0. The van der Waals surface area contributed by atoms with Gasteiger partial charge in [-0.25, -0.2) is 0 Å². The summed E-state index contributed by atoms with van der Waals surface area (Å²) >= 11 is 0. The number of ether oxygens (including phenoxy) is 1. The Kier molecular flexibility index (Phi) is 9.81. The van der Waals surface area contributed by atoms with Crippen molar-refractivity contribution in [2.75, 3.05) is 53.4 Å². The van der Waals surface area contributed by atoms with Gasteiger partial charge in [0.25, 0.3) is 0 Å². The molecule has 0 bridgehead atoms. The van der Waals surface area contributed by atoms with Gasteiger partial charge in [0.2, 0.25) is 0 Å². The lowest BCUT2D eigenvalue weighted by Gasteiger charge is -2.34. The van der Waals surface area contributed by atoms with Crippen LogP contribution in [0.1, 0.15) is 18.4 Å². The van der Waals surface area contributed by atoms with Crippen molar-refractivity contribution in [3.63, 3.8) is 0 Å². The zero-order valence-electron chi connectivity index (χ0n) is 16.6. The van der Waals surface area contributed by atoms with E-state index in [2.05, 4.69) is 62.8 Å². The fourth-order valence-corrected chi connectivity index (χ4v) is 3.67. The summed E-state index contributed by atoms with van der Waals surface area (Å²) in [5.74, 6) is 0.892. The predicted octanol–water partition coefficient (Wildman–Crippen LogP) is 1.76. The molecule has 1 aromatic rings. The molecule has 0 saturated carbocycles. The molecule has 2 aliphatic heterocycles. The van der Waals surface area contributed by atoms with Crippen LogP contribution >= 0.6 is 24.0 Å². The van der Waals surface area contributed by atoms with Crippen LogP contribution in [0.15, 0.2) is 35.3 Å². The van der Waals surface area contributed by atoms with E-state index < -0.39 is 0 Å². The van der Waals surface area contributed by atoms with Crippen LogP contribution in [-0.2, 0) is 11.3 Å². The molecule has 1 unspecified atom stereocenters. The number of guanidine groups is 1. The molecular weight excluding hydrogens is 453 g/mol. The number of nitrogens with one attached hydrogen (secondary N) is 2. The molecule has 2 aliphatic rings. The smallest absolute Gasteiger partial charge is 0.191 e. The summed E-state index contributed by atoms with van der Waals surface area (Å²) in [5, 5.41) is 7.02. The first-order valence-corrected chi connectivity index (χ1v) is 9.76. The first-order chi connectivity index (χ1) is 12.7. The Morgan fingerprint density at radius 2 is 1.93 bits per heavy atom. The Hall–Kier alpha value is -0.900. The topological polar surface area (TPSA) is 52.1 Å². The monoisotopic (exact) mass is 487 g/mol. The number of aliphatic imine (C=N–C) groups is 1. The highest BCUT2D eigenvalue weighted by atomic mass is 127. The van der Waals surface area contributed by atoms with Crippen LogP contribution in [0.25, 0.3) is 0 Å². The molecule has 0 aliphatic carbocycles. The summed E-state index contributed by atoms with van der Waals surface area (Å²) in [5.41, 5.74) is 1.40. The van der Waals surface area contributed by atoms with Gasteiger partial charge in [0.05, 0.1) is 12.7 Å². The number of morpholine rings is 1. The normalized spacial score (nSPS) is 22.9. The third kappa shape index (κ3) is 7.56. The number of hydrogen-bond acceptors (Lipinski definition) is 4. The van der Waals surface area contributed by atoms with Crippen molar-refractivity contribution < 1.29 is 4.74 Å².